The number of benzene rings is 2. The van der Waals surface area contributed by atoms with Crippen LogP contribution in [0, 0.1) is 18.8 Å². The first-order chi connectivity index (χ1) is 16.6. The molecule has 1 heterocycles. The van der Waals surface area contributed by atoms with Crippen molar-refractivity contribution in [3.05, 3.63) is 57.0 Å². The number of aryl methyl sites for hydroxylation is 1. The van der Waals surface area contributed by atoms with Crippen molar-refractivity contribution in [2.24, 2.45) is 11.8 Å². The zero-order valence-corrected chi connectivity index (χ0v) is 22.2. The zero-order valence-electron chi connectivity index (χ0n) is 18.4. The maximum absolute atomic E-state index is 12.9. The van der Waals surface area contributed by atoms with E-state index in [1.54, 1.807) is 19.1 Å². The Labute approximate surface area is 225 Å². The minimum Gasteiger partial charge on any atom is -0.452 e. The van der Waals surface area contributed by atoms with E-state index in [-0.39, 0.29) is 28.1 Å². The van der Waals surface area contributed by atoms with Crippen LogP contribution >= 0.6 is 50.7 Å². The molecule has 0 aromatic heterocycles. The zero-order chi connectivity index (χ0) is 25.4. The van der Waals surface area contributed by atoms with Gasteiger partial charge in [0.15, 0.2) is 6.61 Å². The molecule has 1 N–H and O–H groups in total. The maximum atomic E-state index is 12.9. The minimum absolute atomic E-state index is 0.169. The van der Waals surface area contributed by atoms with Crippen molar-refractivity contribution >= 4 is 85.8 Å². The summed E-state index contributed by atoms with van der Waals surface area (Å²) in [6.07, 6.45) is 0.694. The highest BCUT2D eigenvalue weighted by atomic mass is 79.9. The summed E-state index contributed by atoms with van der Waals surface area (Å²) in [6, 6.07) is 9.22. The Hall–Kier alpha value is -2.13. The summed E-state index contributed by atoms with van der Waals surface area (Å²) < 4.78 is 5.80. The lowest BCUT2D eigenvalue weighted by Crippen LogP contribution is -2.34. The summed E-state index contributed by atoms with van der Waals surface area (Å²) in [6.45, 7) is 1.30. The highest BCUT2D eigenvalue weighted by Gasteiger charge is 2.52. The van der Waals surface area contributed by atoms with Crippen LogP contribution < -0.4 is 10.2 Å². The number of carbonyl (C=O) groups is 4. The van der Waals surface area contributed by atoms with Crippen molar-refractivity contribution in [3.8, 4) is 0 Å². The first kappa shape index (κ1) is 25.9. The molecular formula is C24H20BrCl3N2O5. The summed E-state index contributed by atoms with van der Waals surface area (Å²) >= 11 is 21.8. The Morgan fingerprint density at radius 3 is 2.20 bits per heavy atom. The second-order valence-electron chi connectivity index (χ2n) is 8.48. The normalized spacial score (nSPS) is 23.7. The lowest BCUT2D eigenvalue weighted by Gasteiger charge is -2.28. The molecule has 1 saturated carbocycles. The maximum Gasteiger partial charge on any atom is 0.338 e. The van der Waals surface area contributed by atoms with E-state index in [0.717, 1.165) is 10.5 Å². The number of amides is 3. The van der Waals surface area contributed by atoms with Crippen LogP contribution in [0.2, 0.25) is 5.02 Å². The predicted molar refractivity (Wildman–Crippen MR) is 137 cm³/mol. The van der Waals surface area contributed by atoms with Gasteiger partial charge >= 0.3 is 5.97 Å². The highest BCUT2D eigenvalue weighted by molar-refractivity contribution is 9.10. The lowest BCUT2D eigenvalue weighted by atomic mass is 9.80. The molecule has 184 valence electrons. The number of hydrogen-bond donors (Lipinski definition) is 1. The number of alkyl halides is 2. The molecule has 3 amide bonds. The van der Waals surface area contributed by atoms with Crippen molar-refractivity contribution < 1.29 is 23.9 Å². The second-order valence-corrected chi connectivity index (χ2v) is 10.9. The van der Waals surface area contributed by atoms with Crippen molar-refractivity contribution in [1.29, 1.82) is 0 Å². The van der Waals surface area contributed by atoms with Gasteiger partial charge in [-0.3, -0.25) is 19.3 Å². The van der Waals surface area contributed by atoms with Crippen LogP contribution in [0.4, 0.5) is 11.4 Å². The third-order valence-corrected chi connectivity index (χ3v) is 8.44. The van der Waals surface area contributed by atoms with Crippen LogP contribution in [0.5, 0.6) is 0 Å². The molecule has 4 atom stereocenters. The topological polar surface area (TPSA) is 92.8 Å². The number of fused-ring (bicyclic) bond motifs is 1. The van der Waals surface area contributed by atoms with E-state index >= 15 is 0 Å². The molecule has 2 aliphatic rings. The van der Waals surface area contributed by atoms with Gasteiger partial charge in [0.25, 0.3) is 5.91 Å². The Bertz CT molecular complexity index is 1180. The average Bonchev–Trinajstić information content (AvgIpc) is 3.05. The first-order valence-electron chi connectivity index (χ1n) is 10.8. The lowest BCUT2D eigenvalue weighted by molar-refractivity contribution is -0.122. The number of esters is 1. The second kappa shape index (κ2) is 10.5. The Kier molecular flexibility index (Phi) is 7.76. The van der Waals surface area contributed by atoms with Crippen LogP contribution in [-0.4, -0.2) is 41.1 Å². The van der Waals surface area contributed by atoms with Gasteiger partial charge in [0, 0.05) is 10.2 Å². The number of hydrogen-bond acceptors (Lipinski definition) is 5. The van der Waals surface area contributed by atoms with E-state index in [2.05, 4.69) is 21.2 Å². The van der Waals surface area contributed by atoms with Crippen LogP contribution in [0.25, 0.3) is 0 Å². The molecule has 1 aliphatic carbocycles. The van der Waals surface area contributed by atoms with Gasteiger partial charge < -0.3 is 10.1 Å². The monoisotopic (exact) mass is 600 g/mol. The third kappa shape index (κ3) is 5.35. The standard InChI is InChI=1S/C24H20BrCl3N2O5/c1-11-6-16(25)17(26)9-20(11)29-21(31)10-35-24(34)12-2-4-13(5-3-12)30-22(32)14-7-18(27)19(28)8-15(14)23(30)33/h2-6,9,14-15,18-19H,7-8,10H2,1H3,(H,29,31)/t14-,15+,18+,19-. The number of rotatable bonds is 5. The molecule has 0 spiro atoms. The molecule has 0 radical (unpaired) electrons. The van der Waals surface area contributed by atoms with E-state index in [1.807, 2.05) is 0 Å². The summed E-state index contributed by atoms with van der Waals surface area (Å²) in [5, 5.41) is 2.35. The fraction of sp³-hybridized carbons (Fsp3) is 0.333. The molecule has 0 bridgehead atoms. The summed E-state index contributed by atoms with van der Waals surface area (Å²) in [5.41, 5.74) is 1.81. The van der Waals surface area contributed by atoms with Crippen LogP contribution in [0.3, 0.4) is 0 Å². The summed E-state index contributed by atoms with van der Waals surface area (Å²) in [7, 11) is 0. The van der Waals surface area contributed by atoms with Gasteiger partial charge in [-0.2, -0.15) is 0 Å². The molecule has 7 nitrogen and oxygen atoms in total. The SMILES string of the molecule is Cc1cc(Br)c(Cl)cc1NC(=O)COC(=O)c1ccc(N2C(=O)[C@H]3C[C@@H](Cl)[C@@H](Cl)C[C@H]3C2=O)cc1. The summed E-state index contributed by atoms with van der Waals surface area (Å²) in [5.74, 6) is -2.86. The average molecular weight is 603 g/mol. The van der Waals surface area contributed by atoms with Gasteiger partial charge in [0.2, 0.25) is 11.8 Å². The Morgan fingerprint density at radius 1 is 1.06 bits per heavy atom. The molecule has 1 aliphatic heterocycles. The number of nitrogens with zero attached hydrogens (tertiary/aromatic N) is 1. The minimum atomic E-state index is -0.722. The van der Waals surface area contributed by atoms with E-state index in [0.29, 0.717) is 33.7 Å². The highest BCUT2D eigenvalue weighted by Crippen LogP contribution is 2.43. The van der Waals surface area contributed by atoms with Crippen molar-refractivity contribution in [1.82, 2.24) is 0 Å². The van der Waals surface area contributed by atoms with Crippen LogP contribution in [0.15, 0.2) is 40.9 Å². The number of ether oxygens (including phenoxy) is 1. The van der Waals surface area contributed by atoms with Crippen molar-refractivity contribution in [2.75, 3.05) is 16.8 Å². The predicted octanol–water partition coefficient (Wildman–Crippen LogP) is 5.32. The molecule has 11 heteroatoms. The molecule has 1 saturated heterocycles. The molecule has 2 aromatic carbocycles. The fourth-order valence-corrected chi connectivity index (χ4v) is 5.49. The van der Waals surface area contributed by atoms with Crippen LogP contribution in [-0.2, 0) is 19.1 Å². The molecule has 2 aromatic rings. The molecular weight excluding hydrogens is 583 g/mol. The third-order valence-electron chi connectivity index (χ3n) is 6.15. The number of anilines is 2. The van der Waals surface area contributed by atoms with Crippen molar-refractivity contribution in [3.63, 3.8) is 0 Å². The van der Waals surface area contributed by atoms with Gasteiger partial charge in [0.05, 0.1) is 38.9 Å². The Morgan fingerprint density at radius 2 is 1.63 bits per heavy atom. The largest absolute Gasteiger partial charge is 0.452 e. The molecule has 2 fully saturated rings. The van der Waals surface area contributed by atoms with Crippen molar-refractivity contribution in [2.45, 2.75) is 30.5 Å². The quantitative estimate of drug-likeness (QED) is 0.284. The van der Waals surface area contributed by atoms with Gasteiger partial charge in [-0.1, -0.05) is 11.6 Å². The van der Waals surface area contributed by atoms with E-state index in [9.17, 15) is 19.2 Å². The van der Waals surface area contributed by atoms with Gasteiger partial charge in [-0.25, -0.2) is 4.79 Å². The number of halogens is 4. The number of nitrogens with one attached hydrogen (secondary N) is 1. The van der Waals surface area contributed by atoms with Gasteiger partial charge in [-0.15, -0.1) is 23.2 Å². The summed E-state index contributed by atoms with van der Waals surface area (Å²) in [4.78, 5) is 51.5. The molecule has 0 unspecified atom stereocenters. The number of carbonyl (C=O) groups excluding carboxylic acids is 4. The number of imide groups is 1. The fourth-order valence-electron chi connectivity index (χ4n) is 4.28. The van der Waals surface area contributed by atoms with Gasteiger partial charge in [-0.05, 0) is 77.7 Å². The smallest absolute Gasteiger partial charge is 0.338 e. The molecule has 4 rings (SSSR count). The first-order valence-corrected chi connectivity index (χ1v) is 12.8. The van der Waals surface area contributed by atoms with E-state index in [4.69, 9.17) is 39.5 Å². The van der Waals surface area contributed by atoms with E-state index in [1.165, 1.54) is 24.3 Å². The van der Waals surface area contributed by atoms with E-state index < -0.39 is 30.3 Å². The Balaban J connectivity index is 1.37. The van der Waals surface area contributed by atoms with Gasteiger partial charge in [0.1, 0.15) is 0 Å². The van der Waals surface area contributed by atoms with Crippen LogP contribution in [0.1, 0.15) is 28.8 Å². The molecule has 35 heavy (non-hydrogen) atoms.